The molecule has 296 valence electrons. The zero-order chi connectivity index (χ0) is 41.7. The van der Waals surface area contributed by atoms with Crippen LogP contribution in [0.4, 0.5) is 34.1 Å². The molecule has 2 aliphatic carbocycles. The van der Waals surface area contributed by atoms with Crippen LogP contribution >= 0.6 is 0 Å². The molecule has 12 rings (SSSR count). The number of benzene rings is 10. The van der Waals surface area contributed by atoms with Crippen LogP contribution in [0, 0.1) is 0 Å². The Morgan fingerprint density at radius 2 is 0.597 bits per heavy atom. The van der Waals surface area contributed by atoms with Crippen molar-refractivity contribution in [3.63, 3.8) is 0 Å². The van der Waals surface area contributed by atoms with Crippen molar-refractivity contribution >= 4 is 66.4 Å². The van der Waals surface area contributed by atoms with E-state index < -0.39 is 0 Å². The fourth-order valence-corrected chi connectivity index (χ4v) is 10.8. The maximum Gasteiger partial charge on any atom is 0.0468 e. The summed E-state index contributed by atoms with van der Waals surface area (Å²) in [4.78, 5) is 4.82. The van der Waals surface area contributed by atoms with Crippen LogP contribution in [0.2, 0.25) is 0 Å². The van der Waals surface area contributed by atoms with E-state index in [2.05, 4.69) is 244 Å². The van der Waals surface area contributed by atoms with Crippen molar-refractivity contribution in [1.82, 2.24) is 0 Å². The number of para-hydroxylation sites is 2. The van der Waals surface area contributed by atoms with E-state index in [0.717, 1.165) is 34.1 Å². The first kappa shape index (κ1) is 36.4. The lowest BCUT2D eigenvalue weighted by atomic mass is 9.63. The van der Waals surface area contributed by atoms with Crippen LogP contribution in [0.25, 0.3) is 54.6 Å². The second-order valence-electron chi connectivity index (χ2n) is 18.2. The minimum atomic E-state index is -0.244. The van der Waals surface area contributed by atoms with Gasteiger partial charge >= 0.3 is 0 Å². The van der Waals surface area contributed by atoms with Crippen LogP contribution in [0.3, 0.4) is 0 Å². The van der Waals surface area contributed by atoms with E-state index in [1.165, 1.54) is 76.8 Å². The lowest BCUT2D eigenvalue weighted by molar-refractivity contribution is 0.633. The highest BCUT2D eigenvalue weighted by atomic mass is 15.1. The van der Waals surface area contributed by atoms with E-state index >= 15 is 0 Å². The highest BCUT2D eigenvalue weighted by molar-refractivity contribution is 6.13. The Labute approximate surface area is 364 Å². The van der Waals surface area contributed by atoms with Crippen molar-refractivity contribution in [3.05, 3.63) is 229 Å². The highest BCUT2D eigenvalue weighted by Crippen LogP contribution is 2.57. The molecule has 0 heterocycles. The third-order valence-corrected chi connectivity index (χ3v) is 14.0. The van der Waals surface area contributed by atoms with Crippen molar-refractivity contribution < 1.29 is 0 Å². The Hall–Kier alpha value is -7.42. The molecule has 0 spiro atoms. The van der Waals surface area contributed by atoms with Gasteiger partial charge in [-0.3, -0.25) is 0 Å². The van der Waals surface area contributed by atoms with Crippen LogP contribution in [0.1, 0.15) is 49.9 Å². The smallest absolute Gasteiger partial charge is 0.0468 e. The van der Waals surface area contributed by atoms with Crippen LogP contribution in [0.15, 0.2) is 206 Å². The van der Waals surface area contributed by atoms with Crippen molar-refractivity contribution in [1.29, 1.82) is 0 Å². The standard InChI is InChI=1S/C60H46N2/c1-59(2)53-33-34-54-58-52(50-30-28-48(38-56(50)60(54,3)4)62(44-21-9-6-10-22-44)46-26-24-40-16-12-14-18-42(40)36-46)32-31-51(57(53)58)49-29-27-47(37-55(49)59)61(43-19-7-5-8-20-43)45-25-23-39-15-11-13-17-41(39)35-45/h5-38H,1-4H3. The van der Waals surface area contributed by atoms with Crippen LogP contribution in [-0.4, -0.2) is 0 Å². The normalized spacial score (nSPS) is 14.1. The molecule has 0 atom stereocenters. The lowest BCUT2D eigenvalue weighted by Gasteiger charge is -2.41. The summed E-state index contributed by atoms with van der Waals surface area (Å²) in [5.41, 5.74) is 17.1. The van der Waals surface area contributed by atoms with E-state index in [-0.39, 0.29) is 10.8 Å². The molecule has 0 saturated carbocycles. The molecule has 10 aromatic carbocycles. The molecule has 2 nitrogen and oxygen atoms in total. The number of anilines is 6. The van der Waals surface area contributed by atoms with Crippen molar-refractivity contribution in [2.75, 3.05) is 9.80 Å². The Balaban J connectivity index is 1.01. The summed E-state index contributed by atoms with van der Waals surface area (Å²) < 4.78 is 0. The van der Waals surface area contributed by atoms with Gasteiger partial charge in [0.25, 0.3) is 0 Å². The van der Waals surface area contributed by atoms with Gasteiger partial charge in [-0.1, -0.05) is 161 Å². The molecule has 0 unspecified atom stereocenters. The summed E-state index contributed by atoms with van der Waals surface area (Å²) in [5, 5.41) is 7.74. The molecule has 0 saturated heterocycles. The minimum absolute atomic E-state index is 0.244. The summed E-state index contributed by atoms with van der Waals surface area (Å²) in [6.45, 7) is 9.69. The molecule has 2 aliphatic rings. The Morgan fingerprint density at radius 1 is 0.258 bits per heavy atom. The molecule has 0 fully saturated rings. The zero-order valence-electron chi connectivity index (χ0n) is 35.5. The van der Waals surface area contributed by atoms with E-state index in [1.807, 2.05) is 0 Å². The average molecular weight is 795 g/mol. The summed E-state index contributed by atoms with van der Waals surface area (Å²) in [6, 6.07) is 76.4. The van der Waals surface area contributed by atoms with Gasteiger partial charge in [-0.15, -0.1) is 0 Å². The van der Waals surface area contributed by atoms with Crippen molar-refractivity contribution in [3.8, 4) is 22.3 Å². The highest BCUT2D eigenvalue weighted by Gasteiger charge is 2.40. The van der Waals surface area contributed by atoms with E-state index in [0.29, 0.717) is 0 Å². The quantitative estimate of drug-likeness (QED) is 0.165. The molecule has 2 heteroatoms. The molecular formula is C60H46N2. The molecular weight excluding hydrogens is 749 g/mol. The average Bonchev–Trinajstić information content (AvgIpc) is 3.31. The minimum Gasteiger partial charge on any atom is -0.310 e. The molecule has 10 aromatic rings. The van der Waals surface area contributed by atoms with Crippen LogP contribution < -0.4 is 9.80 Å². The van der Waals surface area contributed by atoms with Crippen molar-refractivity contribution in [2.24, 2.45) is 0 Å². The van der Waals surface area contributed by atoms with Gasteiger partial charge in [0.05, 0.1) is 0 Å². The lowest BCUT2D eigenvalue weighted by Crippen LogP contribution is -2.28. The third kappa shape index (κ3) is 5.43. The van der Waals surface area contributed by atoms with Crippen molar-refractivity contribution in [2.45, 2.75) is 38.5 Å². The van der Waals surface area contributed by atoms with Gasteiger partial charge in [0.1, 0.15) is 0 Å². The Bertz CT molecular complexity index is 3190. The van der Waals surface area contributed by atoms with Gasteiger partial charge in [0.2, 0.25) is 0 Å². The Morgan fingerprint density at radius 3 is 1.02 bits per heavy atom. The summed E-state index contributed by atoms with van der Waals surface area (Å²) in [6.07, 6.45) is 0. The largest absolute Gasteiger partial charge is 0.310 e. The third-order valence-electron chi connectivity index (χ3n) is 14.0. The second kappa shape index (κ2) is 13.5. The molecule has 0 N–H and O–H groups in total. The first-order valence-corrected chi connectivity index (χ1v) is 21.8. The fourth-order valence-electron chi connectivity index (χ4n) is 10.8. The SMILES string of the molecule is CC1(C)c2cc(N(c3ccccc3)c3ccc4ccccc4c3)ccc2-c2ccc3c4c(ccc1c24)C(C)(C)c1cc(N(c2ccccc2)c2ccc4ccccc4c2)ccc1-3. The maximum atomic E-state index is 2.45. The van der Waals surface area contributed by atoms with Gasteiger partial charge < -0.3 is 9.80 Å². The molecule has 62 heavy (non-hydrogen) atoms. The van der Waals surface area contributed by atoms with Crippen LogP contribution in [0.5, 0.6) is 0 Å². The monoisotopic (exact) mass is 794 g/mol. The van der Waals surface area contributed by atoms with Gasteiger partial charge in [0, 0.05) is 45.0 Å². The number of nitrogens with zero attached hydrogens (tertiary/aromatic N) is 2. The number of rotatable bonds is 6. The van der Waals surface area contributed by atoms with Gasteiger partial charge in [-0.2, -0.15) is 0 Å². The van der Waals surface area contributed by atoms with Crippen LogP contribution in [-0.2, 0) is 10.8 Å². The molecule has 0 amide bonds. The molecule has 0 bridgehead atoms. The number of hydrogen-bond acceptors (Lipinski definition) is 2. The first-order chi connectivity index (χ1) is 30.3. The second-order valence-corrected chi connectivity index (χ2v) is 18.2. The molecule has 0 aliphatic heterocycles. The maximum absolute atomic E-state index is 2.45. The molecule has 0 aromatic heterocycles. The summed E-state index contributed by atoms with van der Waals surface area (Å²) in [5.74, 6) is 0. The van der Waals surface area contributed by atoms with Gasteiger partial charge in [-0.05, 0) is 150 Å². The first-order valence-electron chi connectivity index (χ1n) is 21.8. The van der Waals surface area contributed by atoms with E-state index in [1.54, 1.807) is 0 Å². The predicted octanol–water partition coefficient (Wildman–Crippen LogP) is 16.7. The topological polar surface area (TPSA) is 6.48 Å². The Kier molecular flexibility index (Phi) is 7.96. The van der Waals surface area contributed by atoms with E-state index in [4.69, 9.17) is 0 Å². The van der Waals surface area contributed by atoms with E-state index in [9.17, 15) is 0 Å². The predicted molar refractivity (Wildman–Crippen MR) is 263 cm³/mol. The number of hydrogen-bond donors (Lipinski definition) is 0. The van der Waals surface area contributed by atoms with Gasteiger partial charge in [0.15, 0.2) is 0 Å². The summed E-state index contributed by atoms with van der Waals surface area (Å²) in [7, 11) is 0. The summed E-state index contributed by atoms with van der Waals surface area (Å²) >= 11 is 0. The zero-order valence-corrected chi connectivity index (χ0v) is 35.5. The van der Waals surface area contributed by atoms with Gasteiger partial charge in [-0.25, -0.2) is 0 Å². The fraction of sp³-hybridized carbons (Fsp3) is 0.100. The number of fused-ring (bicyclic) bond motifs is 6. The molecule has 0 radical (unpaired) electrons.